The van der Waals surface area contributed by atoms with E-state index in [1.807, 2.05) is 13.0 Å². The fourth-order valence-electron chi connectivity index (χ4n) is 2.80. The first-order chi connectivity index (χ1) is 13.1. The van der Waals surface area contributed by atoms with E-state index in [2.05, 4.69) is 20.0 Å². The summed E-state index contributed by atoms with van der Waals surface area (Å²) in [6.45, 7) is 4.82. The molecule has 0 spiro atoms. The van der Waals surface area contributed by atoms with Gasteiger partial charge in [-0.2, -0.15) is 20.2 Å². The Morgan fingerprint density at radius 3 is 3.00 bits per heavy atom. The van der Waals surface area contributed by atoms with Gasteiger partial charge in [0.15, 0.2) is 11.5 Å². The normalized spacial score (nSPS) is 15.9. The third-order valence-electron chi connectivity index (χ3n) is 4.18. The topological polar surface area (TPSA) is 128 Å². The third-order valence-corrected chi connectivity index (χ3v) is 4.18. The Hall–Kier alpha value is -3.63. The number of H-pyrrole nitrogens is 1. The summed E-state index contributed by atoms with van der Waals surface area (Å²) in [6, 6.07) is 1.91. The fraction of sp³-hybridized carbons (Fsp3) is 0.353. The highest BCUT2D eigenvalue weighted by Gasteiger charge is 2.15. The molecule has 1 N–H and O–H groups in total. The molecular weight excluding hydrogens is 348 g/mol. The predicted octanol–water partition coefficient (Wildman–Crippen LogP) is 0.588. The van der Waals surface area contributed by atoms with Crippen LogP contribution in [0.1, 0.15) is 19.0 Å². The molecule has 0 saturated carbocycles. The molecule has 138 valence electrons. The van der Waals surface area contributed by atoms with Gasteiger partial charge in [-0.3, -0.25) is 14.5 Å². The fourth-order valence-corrected chi connectivity index (χ4v) is 2.80. The summed E-state index contributed by atoms with van der Waals surface area (Å²) < 4.78 is 8.08. The molecule has 3 heterocycles. The molecule has 2 aromatic heterocycles. The van der Waals surface area contributed by atoms with Crippen molar-refractivity contribution in [1.29, 1.82) is 10.5 Å². The van der Waals surface area contributed by atoms with Crippen molar-refractivity contribution in [2.75, 3.05) is 26.3 Å². The molecule has 0 radical (unpaired) electrons. The maximum atomic E-state index is 12.7. The van der Waals surface area contributed by atoms with Gasteiger partial charge in [-0.25, -0.2) is 4.98 Å². The van der Waals surface area contributed by atoms with Crippen molar-refractivity contribution in [3.63, 3.8) is 0 Å². The van der Waals surface area contributed by atoms with Crippen molar-refractivity contribution in [3.05, 3.63) is 46.5 Å². The van der Waals surface area contributed by atoms with Crippen molar-refractivity contribution >= 4 is 5.84 Å². The summed E-state index contributed by atoms with van der Waals surface area (Å²) in [7, 11) is 0. The maximum absolute atomic E-state index is 12.7. The number of rotatable bonds is 3. The molecule has 10 heteroatoms. The molecule has 0 aromatic carbocycles. The second-order valence-electron chi connectivity index (χ2n) is 5.89. The number of aliphatic imine (C=N–C) groups is 1. The van der Waals surface area contributed by atoms with Crippen molar-refractivity contribution in [3.8, 4) is 17.9 Å². The van der Waals surface area contributed by atoms with Crippen LogP contribution >= 0.6 is 0 Å². The lowest BCUT2D eigenvalue weighted by Gasteiger charge is -2.22. The first-order valence-electron chi connectivity index (χ1n) is 8.37. The Labute approximate surface area is 155 Å². The van der Waals surface area contributed by atoms with Crippen LogP contribution in [-0.2, 0) is 4.74 Å². The summed E-state index contributed by atoms with van der Waals surface area (Å²) in [5.41, 5.74) is 0.942. The van der Waals surface area contributed by atoms with Gasteiger partial charge in [0.25, 0.3) is 5.56 Å². The highest BCUT2D eigenvalue weighted by atomic mass is 16.5. The Balaban J connectivity index is 1.93. The van der Waals surface area contributed by atoms with Crippen LogP contribution in [0, 0.1) is 22.8 Å². The van der Waals surface area contributed by atoms with E-state index in [4.69, 9.17) is 15.3 Å². The highest BCUT2D eigenvalue weighted by molar-refractivity contribution is 5.95. The summed E-state index contributed by atoms with van der Waals surface area (Å²) in [4.78, 5) is 22.5. The summed E-state index contributed by atoms with van der Waals surface area (Å²) in [5, 5.41) is 20.7. The molecule has 1 aliphatic heterocycles. The molecule has 2 aromatic rings. The number of hydrogen-bond donors (Lipinski definition) is 1. The summed E-state index contributed by atoms with van der Waals surface area (Å²) >= 11 is 0. The van der Waals surface area contributed by atoms with Gasteiger partial charge >= 0.3 is 0 Å². The molecule has 1 aliphatic rings. The zero-order chi connectivity index (χ0) is 19.2. The number of aromatic amines is 1. The molecule has 3 rings (SSSR count). The van der Waals surface area contributed by atoms with Crippen LogP contribution in [0.15, 0.2) is 40.3 Å². The van der Waals surface area contributed by atoms with E-state index in [0.717, 1.165) is 31.8 Å². The van der Waals surface area contributed by atoms with E-state index in [-0.39, 0.29) is 17.2 Å². The molecule has 0 aliphatic carbocycles. The van der Waals surface area contributed by atoms with Crippen LogP contribution in [-0.4, -0.2) is 56.4 Å². The molecule has 0 bridgehead atoms. The second-order valence-corrected chi connectivity index (χ2v) is 5.89. The Morgan fingerprint density at radius 2 is 2.26 bits per heavy atom. The molecular formula is C17H18N8O2. The van der Waals surface area contributed by atoms with E-state index < -0.39 is 5.56 Å². The Kier molecular flexibility index (Phi) is 5.50. The maximum Gasteiger partial charge on any atom is 0.296 e. The van der Waals surface area contributed by atoms with Crippen LogP contribution in [0.2, 0.25) is 0 Å². The zero-order valence-electron chi connectivity index (χ0n) is 14.8. The van der Waals surface area contributed by atoms with Crippen LogP contribution < -0.4 is 5.56 Å². The van der Waals surface area contributed by atoms with Gasteiger partial charge in [0.2, 0.25) is 6.19 Å². The lowest BCUT2D eigenvalue weighted by Crippen LogP contribution is -2.29. The molecule has 0 unspecified atom stereocenters. The van der Waals surface area contributed by atoms with Crippen LogP contribution in [0.3, 0.4) is 0 Å². The number of imidazole rings is 1. The first-order valence-corrected chi connectivity index (χ1v) is 8.37. The zero-order valence-corrected chi connectivity index (χ0v) is 14.8. The number of ether oxygens (including phenoxy) is 1. The number of nitrogens with one attached hydrogen (secondary N) is 1. The minimum atomic E-state index is -0.408. The lowest BCUT2D eigenvalue weighted by atomic mass is 10.3. The van der Waals surface area contributed by atoms with Crippen molar-refractivity contribution in [2.45, 2.75) is 13.3 Å². The van der Waals surface area contributed by atoms with E-state index in [1.54, 1.807) is 12.3 Å². The van der Waals surface area contributed by atoms with Gasteiger partial charge in [-0.1, -0.05) is 0 Å². The summed E-state index contributed by atoms with van der Waals surface area (Å²) in [5.74, 6) is 0.178. The standard InChI is InChI=1S/C17H18N8O2/c1-13(23-3-2-5-27-6-4-23)7-16(20-11-19)25-17(26)15(9-22-25)24-10-14(8-18)21-12-24/h7,9-10,12,22H,2-6H2,1H3/b13-7+,20-16+. The van der Waals surface area contributed by atoms with E-state index in [1.165, 1.54) is 28.0 Å². The van der Waals surface area contributed by atoms with Crippen LogP contribution in [0.4, 0.5) is 0 Å². The van der Waals surface area contributed by atoms with E-state index in [9.17, 15) is 4.79 Å². The van der Waals surface area contributed by atoms with Crippen LogP contribution in [0.5, 0.6) is 0 Å². The van der Waals surface area contributed by atoms with Gasteiger partial charge in [-0.05, 0) is 13.3 Å². The second kappa shape index (κ2) is 8.17. The largest absolute Gasteiger partial charge is 0.380 e. The average molecular weight is 366 g/mol. The van der Waals surface area contributed by atoms with Crippen molar-refractivity contribution in [1.82, 2.24) is 24.2 Å². The van der Waals surface area contributed by atoms with Gasteiger partial charge in [0, 0.05) is 43.9 Å². The SMILES string of the molecule is C/C(=C\C(=N/C#N)n1[nH]cc(-n2cnc(C#N)c2)c1=O)N1CCCOCC1. The molecule has 27 heavy (non-hydrogen) atoms. The molecule has 1 fully saturated rings. The third kappa shape index (κ3) is 3.97. The van der Waals surface area contributed by atoms with E-state index >= 15 is 0 Å². The van der Waals surface area contributed by atoms with Crippen molar-refractivity contribution < 1.29 is 4.74 Å². The van der Waals surface area contributed by atoms with Crippen molar-refractivity contribution in [2.24, 2.45) is 4.99 Å². The molecule has 1 saturated heterocycles. The molecule has 0 atom stereocenters. The highest BCUT2D eigenvalue weighted by Crippen LogP contribution is 2.09. The number of allylic oxidation sites excluding steroid dienone is 2. The van der Waals surface area contributed by atoms with E-state index in [0.29, 0.717) is 6.61 Å². The monoisotopic (exact) mass is 366 g/mol. The average Bonchev–Trinajstić information content (AvgIpc) is 3.18. The Morgan fingerprint density at radius 1 is 1.41 bits per heavy atom. The van der Waals surface area contributed by atoms with Crippen LogP contribution in [0.25, 0.3) is 5.69 Å². The van der Waals surface area contributed by atoms with Gasteiger partial charge in [0.05, 0.1) is 6.61 Å². The lowest BCUT2D eigenvalue weighted by molar-refractivity contribution is 0.145. The predicted molar refractivity (Wildman–Crippen MR) is 96.1 cm³/mol. The minimum absolute atomic E-state index is 0.178. The summed E-state index contributed by atoms with van der Waals surface area (Å²) in [6.07, 6.45) is 8.63. The minimum Gasteiger partial charge on any atom is -0.380 e. The number of aromatic nitrogens is 4. The van der Waals surface area contributed by atoms with Gasteiger partial charge in [0.1, 0.15) is 18.1 Å². The molecule has 10 nitrogen and oxygen atoms in total. The molecule has 0 amide bonds. The van der Waals surface area contributed by atoms with Gasteiger partial charge in [-0.15, -0.1) is 0 Å². The smallest absolute Gasteiger partial charge is 0.296 e. The Bertz CT molecular complexity index is 1000. The number of nitrogens with zero attached hydrogens (tertiary/aromatic N) is 7. The quantitative estimate of drug-likeness (QED) is 0.481. The van der Waals surface area contributed by atoms with Gasteiger partial charge < -0.3 is 9.64 Å². The first kappa shape index (κ1) is 18.2. The number of nitriles is 2. The number of hydrogen-bond acceptors (Lipinski definition) is 7.